The molecule has 1 heterocycles. The zero-order chi connectivity index (χ0) is 9.80. The third kappa shape index (κ3) is 2.96. The van der Waals surface area contributed by atoms with Crippen LogP contribution in [-0.2, 0) is 4.74 Å². The Bertz CT molecular complexity index is 162. The third-order valence-electron chi connectivity index (χ3n) is 3.57. The lowest BCUT2D eigenvalue weighted by atomic mass is 9.97. The van der Waals surface area contributed by atoms with Crippen molar-refractivity contribution >= 4 is 0 Å². The minimum Gasteiger partial charge on any atom is -0.381 e. The van der Waals surface area contributed by atoms with Crippen molar-refractivity contribution in [2.24, 2.45) is 11.8 Å². The number of nitrogens with one attached hydrogen (secondary N) is 1. The topological polar surface area (TPSA) is 21.3 Å². The van der Waals surface area contributed by atoms with Crippen LogP contribution in [0.1, 0.15) is 39.0 Å². The van der Waals surface area contributed by atoms with Gasteiger partial charge in [-0.1, -0.05) is 6.92 Å². The van der Waals surface area contributed by atoms with Gasteiger partial charge >= 0.3 is 0 Å². The average molecular weight is 197 g/mol. The Morgan fingerprint density at radius 1 is 1.36 bits per heavy atom. The molecule has 82 valence electrons. The molecule has 1 N–H and O–H groups in total. The molecule has 0 aromatic rings. The molecule has 1 aliphatic heterocycles. The molecule has 2 aliphatic rings. The second kappa shape index (κ2) is 5.13. The van der Waals surface area contributed by atoms with Crippen LogP contribution in [0, 0.1) is 11.8 Å². The first-order chi connectivity index (χ1) is 6.90. The number of rotatable bonds is 6. The minimum atomic E-state index is 0.806. The SMILES string of the molecule is CCNC(CCC1CCOC1)C1CC1. The lowest BCUT2D eigenvalue weighted by Gasteiger charge is -2.18. The highest BCUT2D eigenvalue weighted by molar-refractivity contribution is 4.86. The smallest absolute Gasteiger partial charge is 0.0495 e. The summed E-state index contributed by atoms with van der Waals surface area (Å²) in [5.74, 6) is 1.85. The normalized spacial score (nSPS) is 29.4. The van der Waals surface area contributed by atoms with Crippen molar-refractivity contribution in [1.29, 1.82) is 0 Å². The zero-order valence-electron chi connectivity index (χ0n) is 9.30. The maximum absolute atomic E-state index is 5.41. The summed E-state index contributed by atoms with van der Waals surface area (Å²) in [4.78, 5) is 0. The molecule has 0 bridgehead atoms. The Balaban J connectivity index is 1.65. The summed E-state index contributed by atoms with van der Waals surface area (Å²) >= 11 is 0. The van der Waals surface area contributed by atoms with Crippen molar-refractivity contribution in [3.8, 4) is 0 Å². The van der Waals surface area contributed by atoms with E-state index in [9.17, 15) is 0 Å². The fourth-order valence-corrected chi connectivity index (χ4v) is 2.49. The molecule has 1 aliphatic carbocycles. The highest BCUT2D eigenvalue weighted by Crippen LogP contribution is 2.35. The molecule has 0 radical (unpaired) electrons. The summed E-state index contributed by atoms with van der Waals surface area (Å²) in [6, 6.07) is 0.806. The predicted molar refractivity (Wildman–Crippen MR) is 58.3 cm³/mol. The lowest BCUT2D eigenvalue weighted by molar-refractivity contribution is 0.182. The van der Waals surface area contributed by atoms with Gasteiger partial charge in [-0.05, 0) is 50.5 Å². The van der Waals surface area contributed by atoms with Gasteiger partial charge in [0.25, 0.3) is 0 Å². The fourth-order valence-electron chi connectivity index (χ4n) is 2.49. The van der Waals surface area contributed by atoms with Crippen molar-refractivity contribution < 1.29 is 4.74 Å². The maximum Gasteiger partial charge on any atom is 0.0495 e. The summed E-state index contributed by atoms with van der Waals surface area (Å²) in [5, 5.41) is 3.63. The van der Waals surface area contributed by atoms with Gasteiger partial charge in [-0.3, -0.25) is 0 Å². The summed E-state index contributed by atoms with van der Waals surface area (Å²) < 4.78 is 5.41. The predicted octanol–water partition coefficient (Wildman–Crippen LogP) is 2.19. The molecule has 0 aromatic carbocycles. The largest absolute Gasteiger partial charge is 0.381 e. The Kier molecular flexibility index (Phi) is 3.82. The molecule has 0 spiro atoms. The molecule has 2 nitrogen and oxygen atoms in total. The van der Waals surface area contributed by atoms with Crippen LogP contribution in [0.5, 0.6) is 0 Å². The van der Waals surface area contributed by atoms with Gasteiger partial charge in [0.05, 0.1) is 0 Å². The second-order valence-corrected chi connectivity index (χ2v) is 4.81. The molecule has 14 heavy (non-hydrogen) atoms. The molecular formula is C12H23NO. The van der Waals surface area contributed by atoms with Gasteiger partial charge in [0.15, 0.2) is 0 Å². The quantitative estimate of drug-likeness (QED) is 0.705. The van der Waals surface area contributed by atoms with Crippen molar-refractivity contribution in [1.82, 2.24) is 5.32 Å². The van der Waals surface area contributed by atoms with Crippen LogP contribution in [0.15, 0.2) is 0 Å². The summed E-state index contributed by atoms with van der Waals surface area (Å²) in [6.07, 6.45) is 6.95. The summed E-state index contributed by atoms with van der Waals surface area (Å²) in [5.41, 5.74) is 0. The third-order valence-corrected chi connectivity index (χ3v) is 3.57. The van der Waals surface area contributed by atoms with Gasteiger partial charge in [0, 0.05) is 19.3 Å². The first kappa shape index (κ1) is 10.4. The van der Waals surface area contributed by atoms with Gasteiger partial charge in [0.2, 0.25) is 0 Å². The van der Waals surface area contributed by atoms with Crippen LogP contribution in [0.4, 0.5) is 0 Å². The van der Waals surface area contributed by atoms with E-state index in [0.29, 0.717) is 0 Å². The van der Waals surface area contributed by atoms with E-state index in [-0.39, 0.29) is 0 Å². The Hall–Kier alpha value is -0.0800. The lowest BCUT2D eigenvalue weighted by Crippen LogP contribution is -2.31. The minimum absolute atomic E-state index is 0.806. The molecule has 2 atom stereocenters. The van der Waals surface area contributed by atoms with E-state index in [0.717, 1.165) is 37.6 Å². The van der Waals surface area contributed by atoms with Gasteiger partial charge in [0.1, 0.15) is 0 Å². The van der Waals surface area contributed by atoms with E-state index >= 15 is 0 Å². The maximum atomic E-state index is 5.41. The highest BCUT2D eigenvalue weighted by atomic mass is 16.5. The van der Waals surface area contributed by atoms with Crippen molar-refractivity contribution in [2.75, 3.05) is 19.8 Å². The van der Waals surface area contributed by atoms with Crippen LogP contribution in [-0.4, -0.2) is 25.8 Å². The van der Waals surface area contributed by atoms with Crippen LogP contribution < -0.4 is 5.32 Å². The van der Waals surface area contributed by atoms with Gasteiger partial charge in [-0.25, -0.2) is 0 Å². The van der Waals surface area contributed by atoms with Crippen LogP contribution in [0.2, 0.25) is 0 Å². The van der Waals surface area contributed by atoms with E-state index in [1.807, 2.05) is 0 Å². The van der Waals surface area contributed by atoms with Crippen molar-refractivity contribution in [3.63, 3.8) is 0 Å². The van der Waals surface area contributed by atoms with Gasteiger partial charge < -0.3 is 10.1 Å². The van der Waals surface area contributed by atoms with E-state index < -0.39 is 0 Å². The second-order valence-electron chi connectivity index (χ2n) is 4.81. The van der Waals surface area contributed by atoms with Crippen molar-refractivity contribution in [2.45, 2.75) is 45.1 Å². The molecule has 2 unspecified atom stereocenters. The molecule has 2 rings (SSSR count). The molecule has 1 saturated heterocycles. The van der Waals surface area contributed by atoms with Crippen LogP contribution in [0.25, 0.3) is 0 Å². The molecule has 0 aromatic heterocycles. The Labute approximate surface area is 87.4 Å². The van der Waals surface area contributed by atoms with E-state index in [2.05, 4.69) is 12.2 Å². The van der Waals surface area contributed by atoms with Crippen molar-refractivity contribution in [3.05, 3.63) is 0 Å². The first-order valence-electron chi connectivity index (χ1n) is 6.21. The summed E-state index contributed by atoms with van der Waals surface area (Å²) in [7, 11) is 0. The van der Waals surface area contributed by atoms with E-state index in [4.69, 9.17) is 4.74 Å². The number of ether oxygens (including phenoxy) is 1. The Morgan fingerprint density at radius 3 is 2.79 bits per heavy atom. The monoisotopic (exact) mass is 197 g/mol. The first-order valence-corrected chi connectivity index (χ1v) is 6.21. The molecular weight excluding hydrogens is 174 g/mol. The standard InChI is InChI=1S/C12H23NO/c1-2-13-12(11-4-5-11)6-3-10-7-8-14-9-10/h10-13H,2-9H2,1H3. The molecule has 1 saturated carbocycles. The van der Waals surface area contributed by atoms with Gasteiger partial charge in [-0.2, -0.15) is 0 Å². The van der Waals surface area contributed by atoms with E-state index in [1.165, 1.54) is 32.1 Å². The van der Waals surface area contributed by atoms with E-state index in [1.54, 1.807) is 0 Å². The number of hydrogen-bond acceptors (Lipinski definition) is 2. The van der Waals surface area contributed by atoms with Crippen LogP contribution in [0.3, 0.4) is 0 Å². The molecule has 2 heteroatoms. The highest BCUT2D eigenvalue weighted by Gasteiger charge is 2.30. The fraction of sp³-hybridized carbons (Fsp3) is 1.00. The average Bonchev–Trinajstić information content (AvgIpc) is 2.90. The zero-order valence-corrected chi connectivity index (χ0v) is 9.30. The van der Waals surface area contributed by atoms with Crippen LogP contribution >= 0.6 is 0 Å². The molecule has 2 fully saturated rings. The Morgan fingerprint density at radius 2 is 2.21 bits per heavy atom. The summed E-state index contributed by atoms with van der Waals surface area (Å²) in [6.45, 7) is 5.36. The number of hydrogen-bond donors (Lipinski definition) is 1. The molecule has 0 amide bonds. The van der Waals surface area contributed by atoms with Gasteiger partial charge in [-0.15, -0.1) is 0 Å².